The number of ketones is 1. The third kappa shape index (κ3) is 6.20. The van der Waals surface area contributed by atoms with Crippen LogP contribution >= 0.6 is 11.6 Å². The molecule has 0 bridgehead atoms. The Morgan fingerprint density at radius 3 is 2.39 bits per heavy atom. The summed E-state index contributed by atoms with van der Waals surface area (Å²) in [6, 6.07) is 8.50. The highest BCUT2D eigenvalue weighted by Gasteiger charge is 2.05. The molecule has 1 aromatic carbocycles. The monoisotopic (exact) mass is 266 g/mol. The molecular weight excluding hydrogens is 244 g/mol. The van der Waals surface area contributed by atoms with Crippen molar-refractivity contribution in [2.75, 3.05) is 0 Å². The Kier molecular flexibility index (Phi) is 7.04. The summed E-state index contributed by atoms with van der Waals surface area (Å²) >= 11 is 6.29. The van der Waals surface area contributed by atoms with Gasteiger partial charge in [0.05, 0.1) is 0 Å². The molecule has 0 aliphatic rings. The lowest BCUT2D eigenvalue weighted by Gasteiger charge is -2.09. The fourth-order valence-electron chi connectivity index (χ4n) is 1.95. The Hall–Kier alpha value is -0.820. The van der Waals surface area contributed by atoms with Crippen molar-refractivity contribution < 1.29 is 4.79 Å². The number of rotatable bonds is 8. The molecule has 0 heterocycles. The third-order valence-corrected chi connectivity index (χ3v) is 3.49. The molecule has 1 rings (SSSR count). The molecule has 0 aliphatic heterocycles. The number of carbonyl (C=O) groups excluding carboxylic acids is 1. The molecule has 0 radical (unpaired) electrons. The van der Waals surface area contributed by atoms with E-state index < -0.39 is 0 Å². The van der Waals surface area contributed by atoms with Gasteiger partial charge in [0.2, 0.25) is 0 Å². The van der Waals surface area contributed by atoms with Crippen molar-refractivity contribution in [1.82, 2.24) is 0 Å². The molecule has 18 heavy (non-hydrogen) atoms. The van der Waals surface area contributed by atoms with Crippen LogP contribution in [0.25, 0.3) is 0 Å². The van der Waals surface area contributed by atoms with Crippen molar-refractivity contribution in [1.29, 1.82) is 0 Å². The summed E-state index contributed by atoms with van der Waals surface area (Å²) in [5, 5.41) is 0.244. The highest BCUT2D eigenvalue weighted by molar-refractivity contribution is 6.20. The number of hydrogen-bond donors (Lipinski definition) is 0. The van der Waals surface area contributed by atoms with E-state index in [1.54, 1.807) is 6.92 Å². The van der Waals surface area contributed by atoms with Crippen molar-refractivity contribution in [2.45, 2.75) is 57.7 Å². The van der Waals surface area contributed by atoms with Crippen molar-refractivity contribution in [2.24, 2.45) is 0 Å². The molecule has 1 aromatic rings. The molecule has 0 spiro atoms. The fraction of sp³-hybridized carbons (Fsp3) is 0.562. The maximum atomic E-state index is 10.9. The standard InChI is InChI=1S/C16H23ClO/c1-3-4-5-16(17)12-15-10-8-14(9-11-15)7-6-13(2)18/h8-11,16H,3-7,12H2,1-2H3. The van der Waals surface area contributed by atoms with Gasteiger partial charge >= 0.3 is 0 Å². The number of carbonyl (C=O) groups is 1. The Bertz CT molecular complexity index is 356. The zero-order valence-corrected chi connectivity index (χ0v) is 12.2. The summed E-state index contributed by atoms with van der Waals surface area (Å²) in [6.07, 6.45) is 5.90. The van der Waals surface area contributed by atoms with Crippen molar-refractivity contribution in [3.8, 4) is 0 Å². The van der Waals surface area contributed by atoms with Gasteiger partial charge in [0, 0.05) is 11.8 Å². The quantitative estimate of drug-likeness (QED) is 0.631. The van der Waals surface area contributed by atoms with Crippen LogP contribution in [0.2, 0.25) is 0 Å². The van der Waals surface area contributed by atoms with E-state index in [-0.39, 0.29) is 11.2 Å². The minimum absolute atomic E-state index is 0.244. The van der Waals surface area contributed by atoms with Gasteiger partial charge in [-0.25, -0.2) is 0 Å². The van der Waals surface area contributed by atoms with Crippen molar-refractivity contribution in [3.63, 3.8) is 0 Å². The van der Waals surface area contributed by atoms with Gasteiger partial charge in [0.15, 0.2) is 0 Å². The fourth-order valence-corrected chi connectivity index (χ4v) is 2.28. The number of halogens is 1. The Labute approximate surface area is 116 Å². The van der Waals surface area contributed by atoms with E-state index in [2.05, 4.69) is 31.2 Å². The molecule has 1 nitrogen and oxygen atoms in total. The molecule has 0 N–H and O–H groups in total. The van der Waals surface area contributed by atoms with Crippen LogP contribution in [0.4, 0.5) is 0 Å². The van der Waals surface area contributed by atoms with Gasteiger partial charge in [0.1, 0.15) is 5.78 Å². The summed E-state index contributed by atoms with van der Waals surface area (Å²) in [5.41, 5.74) is 2.52. The molecule has 0 aromatic heterocycles. The lowest BCUT2D eigenvalue weighted by Crippen LogP contribution is -2.03. The Morgan fingerprint density at radius 2 is 1.83 bits per heavy atom. The van der Waals surface area contributed by atoms with Crippen LogP contribution in [0.3, 0.4) is 0 Å². The van der Waals surface area contributed by atoms with E-state index >= 15 is 0 Å². The summed E-state index contributed by atoms with van der Waals surface area (Å²) < 4.78 is 0. The Morgan fingerprint density at radius 1 is 1.22 bits per heavy atom. The largest absolute Gasteiger partial charge is 0.300 e. The molecule has 0 fully saturated rings. The molecule has 1 atom stereocenters. The Balaban J connectivity index is 2.42. The predicted octanol–water partition coefficient (Wildman–Crippen LogP) is 4.55. The summed E-state index contributed by atoms with van der Waals surface area (Å²) in [6.45, 7) is 3.83. The van der Waals surface area contributed by atoms with Gasteiger partial charge in [-0.1, -0.05) is 44.0 Å². The lowest BCUT2D eigenvalue weighted by molar-refractivity contribution is -0.116. The molecule has 1 unspecified atom stereocenters. The lowest BCUT2D eigenvalue weighted by atomic mass is 10.0. The highest BCUT2D eigenvalue weighted by atomic mass is 35.5. The van der Waals surface area contributed by atoms with Gasteiger partial charge in [-0.3, -0.25) is 0 Å². The third-order valence-electron chi connectivity index (χ3n) is 3.12. The molecule has 100 valence electrons. The minimum atomic E-state index is 0.244. The van der Waals surface area contributed by atoms with E-state index in [1.807, 2.05) is 0 Å². The molecule has 0 saturated heterocycles. The van der Waals surface area contributed by atoms with Crippen LogP contribution in [-0.4, -0.2) is 11.2 Å². The van der Waals surface area contributed by atoms with Crippen LogP contribution in [0.15, 0.2) is 24.3 Å². The van der Waals surface area contributed by atoms with Crippen molar-refractivity contribution in [3.05, 3.63) is 35.4 Å². The van der Waals surface area contributed by atoms with E-state index in [0.29, 0.717) is 6.42 Å². The zero-order valence-electron chi connectivity index (χ0n) is 11.4. The first-order valence-electron chi connectivity index (χ1n) is 6.83. The number of alkyl halides is 1. The van der Waals surface area contributed by atoms with Gasteiger partial charge < -0.3 is 4.79 Å². The number of aryl methyl sites for hydroxylation is 1. The zero-order chi connectivity index (χ0) is 13.4. The second-order valence-electron chi connectivity index (χ2n) is 4.96. The van der Waals surface area contributed by atoms with Crippen LogP contribution in [0.5, 0.6) is 0 Å². The second kappa shape index (κ2) is 8.31. The predicted molar refractivity (Wildman–Crippen MR) is 78.3 cm³/mol. The second-order valence-corrected chi connectivity index (χ2v) is 5.58. The summed E-state index contributed by atoms with van der Waals surface area (Å²) in [7, 11) is 0. The summed E-state index contributed by atoms with van der Waals surface area (Å²) in [5.74, 6) is 0.250. The van der Waals surface area contributed by atoms with Gasteiger partial charge in [0.25, 0.3) is 0 Å². The van der Waals surface area contributed by atoms with E-state index in [4.69, 9.17) is 11.6 Å². The topological polar surface area (TPSA) is 17.1 Å². The van der Waals surface area contributed by atoms with E-state index in [0.717, 1.165) is 19.3 Å². The molecule has 0 aliphatic carbocycles. The molecule has 0 saturated carbocycles. The van der Waals surface area contributed by atoms with E-state index in [9.17, 15) is 4.79 Å². The average Bonchev–Trinajstić information content (AvgIpc) is 2.35. The van der Waals surface area contributed by atoms with Crippen LogP contribution < -0.4 is 0 Å². The molecular formula is C16H23ClO. The first-order valence-corrected chi connectivity index (χ1v) is 7.26. The van der Waals surface area contributed by atoms with E-state index in [1.165, 1.54) is 24.0 Å². The number of hydrogen-bond acceptors (Lipinski definition) is 1. The number of unbranched alkanes of at least 4 members (excludes halogenated alkanes) is 1. The normalized spacial score (nSPS) is 12.4. The molecule has 0 amide bonds. The van der Waals surface area contributed by atoms with Gasteiger partial charge in [-0.05, 0) is 37.3 Å². The van der Waals surface area contributed by atoms with Crippen LogP contribution in [-0.2, 0) is 17.6 Å². The SMILES string of the molecule is CCCCC(Cl)Cc1ccc(CCC(C)=O)cc1. The van der Waals surface area contributed by atoms with Gasteiger partial charge in [-0.2, -0.15) is 0 Å². The number of benzene rings is 1. The van der Waals surface area contributed by atoms with Crippen LogP contribution in [0, 0.1) is 0 Å². The first-order chi connectivity index (χ1) is 8.61. The highest BCUT2D eigenvalue weighted by Crippen LogP contribution is 2.15. The van der Waals surface area contributed by atoms with Crippen LogP contribution in [0.1, 0.15) is 50.7 Å². The molecule has 2 heteroatoms. The maximum absolute atomic E-state index is 10.9. The summed E-state index contributed by atoms with van der Waals surface area (Å²) in [4.78, 5) is 10.9. The smallest absolute Gasteiger partial charge is 0.130 e. The number of Topliss-reactive ketones (excluding diaryl/α,β-unsaturated/α-hetero) is 1. The first kappa shape index (κ1) is 15.2. The maximum Gasteiger partial charge on any atom is 0.130 e. The van der Waals surface area contributed by atoms with Gasteiger partial charge in [-0.15, -0.1) is 11.6 Å². The average molecular weight is 267 g/mol. The minimum Gasteiger partial charge on any atom is -0.300 e. The van der Waals surface area contributed by atoms with Crippen molar-refractivity contribution >= 4 is 17.4 Å².